The van der Waals surface area contributed by atoms with E-state index >= 15 is 0 Å². The Balaban J connectivity index is 0.000000621. The lowest BCUT2D eigenvalue weighted by molar-refractivity contribution is 0.381. The number of rotatable bonds is 6. The van der Waals surface area contributed by atoms with E-state index in [1.54, 1.807) is 0 Å². The van der Waals surface area contributed by atoms with Crippen LogP contribution in [0.1, 0.15) is 12.0 Å². The number of hydrogen-bond acceptors (Lipinski definition) is 4. The van der Waals surface area contributed by atoms with E-state index in [-0.39, 0.29) is 5.96 Å². The van der Waals surface area contributed by atoms with Crippen LogP contribution in [0.4, 0.5) is 0 Å². The monoisotopic (exact) mass is 304 g/mol. The van der Waals surface area contributed by atoms with Gasteiger partial charge in [0.1, 0.15) is 0 Å². The maximum atomic E-state index is 8.74. The topological polar surface area (TPSA) is 151 Å². The van der Waals surface area contributed by atoms with Crippen LogP contribution in [0.15, 0.2) is 35.3 Å². The SMILES string of the molecule is NC(N)=NCCCNCc1ccccc1.O=S(=O)(O)O. The molecule has 7 N–H and O–H groups in total. The average Bonchev–Trinajstić information content (AvgIpc) is 2.32. The van der Waals surface area contributed by atoms with Gasteiger partial charge in [0, 0.05) is 13.1 Å². The van der Waals surface area contributed by atoms with E-state index in [1.807, 2.05) is 18.2 Å². The van der Waals surface area contributed by atoms with Crippen molar-refractivity contribution < 1.29 is 17.5 Å². The molecule has 1 aromatic carbocycles. The second-order valence-corrected chi connectivity index (χ2v) is 4.67. The molecule has 1 aromatic rings. The normalized spacial score (nSPS) is 10.3. The van der Waals surface area contributed by atoms with Gasteiger partial charge in [0.05, 0.1) is 0 Å². The third-order valence-corrected chi connectivity index (χ3v) is 1.98. The average molecular weight is 304 g/mol. The highest BCUT2D eigenvalue weighted by molar-refractivity contribution is 7.79. The van der Waals surface area contributed by atoms with Crippen LogP contribution >= 0.6 is 0 Å². The first-order valence-electron chi connectivity index (χ1n) is 5.79. The highest BCUT2D eigenvalue weighted by Crippen LogP contribution is 1.96. The molecule has 0 unspecified atom stereocenters. The van der Waals surface area contributed by atoms with Crippen molar-refractivity contribution >= 4 is 16.4 Å². The summed E-state index contributed by atoms with van der Waals surface area (Å²) >= 11 is 0. The van der Waals surface area contributed by atoms with Crippen molar-refractivity contribution in [2.75, 3.05) is 13.1 Å². The van der Waals surface area contributed by atoms with E-state index in [9.17, 15) is 0 Å². The molecular weight excluding hydrogens is 284 g/mol. The van der Waals surface area contributed by atoms with Crippen LogP contribution in [0.3, 0.4) is 0 Å². The Kier molecular flexibility index (Phi) is 9.30. The molecular formula is C11H20N4O4S. The first-order chi connectivity index (χ1) is 9.29. The summed E-state index contributed by atoms with van der Waals surface area (Å²) in [5.74, 6) is 0.165. The molecule has 20 heavy (non-hydrogen) atoms. The standard InChI is InChI=1S/C11H18N4.H2O4S/c12-11(13)15-8-4-7-14-9-10-5-2-1-3-6-10;1-5(2,3)4/h1-3,5-6,14H,4,7-9H2,(H4,12,13,15);(H2,1,2,3,4). The third-order valence-electron chi connectivity index (χ3n) is 1.98. The lowest BCUT2D eigenvalue weighted by Crippen LogP contribution is -2.23. The molecule has 0 aromatic heterocycles. The molecule has 1 rings (SSSR count). The largest absolute Gasteiger partial charge is 0.394 e. The maximum Gasteiger partial charge on any atom is 0.394 e. The summed E-state index contributed by atoms with van der Waals surface area (Å²) in [4.78, 5) is 3.90. The van der Waals surface area contributed by atoms with Crippen LogP contribution in [0.5, 0.6) is 0 Å². The smallest absolute Gasteiger partial charge is 0.370 e. The molecule has 0 aliphatic carbocycles. The van der Waals surface area contributed by atoms with Gasteiger partial charge in [0.25, 0.3) is 0 Å². The van der Waals surface area contributed by atoms with Gasteiger partial charge in [-0.2, -0.15) is 8.42 Å². The van der Waals surface area contributed by atoms with Crippen molar-refractivity contribution in [3.8, 4) is 0 Å². The molecule has 0 bridgehead atoms. The molecule has 0 atom stereocenters. The van der Waals surface area contributed by atoms with Gasteiger partial charge in [0.2, 0.25) is 0 Å². The van der Waals surface area contributed by atoms with Crippen molar-refractivity contribution in [3.63, 3.8) is 0 Å². The number of benzene rings is 1. The van der Waals surface area contributed by atoms with Crippen LogP contribution in [0.25, 0.3) is 0 Å². The minimum atomic E-state index is -4.67. The summed E-state index contributed by atoms with van der Waals surface area (Å²) in [5.41, 5.74) is 11.7. The quantitative estimate of drug-likeness (QED) is 0.211. The van der Waals surface area contributed by atoms with Gasteiger partial charge >= 0.3 is 10.4 Å². The fraction of sp³-hybridized carbons (Fsp3) is 0.364. The number of nitrogens with zero attached hydrogens (tertiary/aromatic N) is 1. The van der Waals surface area contributed by atoms with Crippen LogP contribution < -0.4 is 16.8 Å². The molecule has 9 heteroatoms. The molecule has 0 radical (unpaired) electrons. The number of hydrogen-bond donors (Lipinski definition) is 5. The zero-order valence-corrected chi connectivity index (χ0v) is 11.8. The Morgan fingerprint density at radius 3 is 2.25 bits per heavy atom. The van der Waals surface area contributed by atoms with E-state index in [4.69, 9.17) is 29.0 Å². The zero-order chi connectivity index (χ0) is 15.4. The van der Waals surface area contributed by atoms with Gasteiger partial charge in [0.15, 0.2) is 5.96 Å². The van der Waals surface area contributed by atoms with Crippen LogP contribution in [-0.4, -0.2) is 36.6 Å². The van der Waals surface area contributed by atoms with Gasteiger partial charge in [-0.15, -0.1) is 0 Å². The minimum absolute atomic E-state index is 0.165. The zero-order valence-electron chi connectivity index (χ0n) is 10.9. The van der Waals surface area contributed by atoms with Crippen molar-refractivity contribution in [2.24, 2.45) is 16.5 Å². The fourth-order valence-corrected chi connectivity index (χ4v) is 1.24. The molecule has 0 saturated heterocycles. The molecule has 8 nitrogen and oxygen atoms in total. The molecule has 0 aliphatic heterocycles. The highest BCUT2D eigenvalue weighted by Gasteiger charge is 1.90. The lowest BCUT2D eigenvalue weighted by atomic mass is 10.2. The second-order valence-electron chi connectivity index (χ2n) is 3.77. The summed E-state index contributed by atoms with van der Waals surface area (Å²) < 4.78 is 31.6. The van der Waals surface area contributed by atoms with E-state index in [0.717, 1.165) is 19.5 Å². The summed E-state index contributed by atoms with van der Waals surface area (Å²) in [6, 6.07) is 10.3. The van der Waals surface area contributed by atoms with Gasteiger partial charge in [-0.1, -0.05) is 30.3 Å². The van der Waals surface area contributed by atoms with E-state index in [1.165, 1.54) is 5.56 Å². The van der Waals surface area contributed by atoms with E-state index in [0.29, 0.717) is 6.54 Å². The van der Waals surface area contributed by atoms with Gasteiger partial charge in [-0.3, -0.25) is 14.1 Å². The number of nitrogens with one attached hydrogen (secondary N) is 1. The number of guanidine groups is 1. The van der Waals surface area contributed by atoms with Crippen LogP contribution in [0.2, 0.25) is 0 Å². The molecule has 0 spiro atoms. The first kappa shape index (κ1) is 18.3. The number of nitrogens with two attached hydrogens (primary N) is 2. The van der Waals surface area contributed by atoms with Crippen molar-refractivity contribution in [2.45, 2.75) is 13.0 Å². The Morgan fingerprint density at radius 1 is 1.20 bits per heavy atom. The van der Waals surface area contributed by atoms with Gasteiger partial charge in [-0.05, 0) is 18.5 Å². The third kappa shape index (κ3) is 16.3. The summed E-state index contributed by atoms with van der Waals surface area (Å²) in [5, 5.41) is 3.32. The Labute approximate surface area is 118 Å². The van der Waals surface area contributed by atoms with Crippen molar-refractivity contribution in [1.29, 1.82) is 0 Å². The van der Waals surface area contributed by atoms with Crippen molar-refractivity contribution in [3.05, 3.63) is 35.9 Å². The van der Waals surface area contributed by atoms with Gasteiger partial charge < -0.3 is 16.8 Å². The second kappa shape index (κ2) is 10.1. The maximum absolute atomic E-state index is 8.74. The summed E-state index contributed by atoms with van der Waals surface area (Å²) in [7, 11) is -4.67. The molecule has 114 valence electrons. The minimum Gasteiger partial charge on any atom is -0.370 e. The molecule has 0 amide bonds. The molecule has 0 heterocycles. The molecule has 0 aliphatic rings. The Hall–Kier alpha value is -1.68. The molecule has 0 fully saturated rings. The van der Waals surface area contributed by atoms with Gasteiger partial charge in [-0.25, -0.2) is 0 Å². The Bertz CT molecular complexity index is 478. The highest BCUT2D eigenvalue weighted by atomic mass is 32.3. The predicted molar refractivity (Wildman–Crippen MR) is 77.6 cm³/mol. The Morgan fingerprint density at radius 2 is 1.75 bits per heavy atom. The number of aliphatic imine (C=N–C) groups is 1. The fourth-order valence-electron chi connectivity index (χ4n) is 1.24. The summed E-state index contributed by atoms with van der Waals surface area (Å²) in [6.07, 6.45) is 0.949. The van der Waals surface area contributed by atoms with Crippen LogP contribution in [0, 0.1) is 0 Å². The van der Waals surface area contributed by atoms with Crippen molar-refractivity contribution in [1.82, 2.24) is 5.32 Å². The van der Waals surface area contributed by atoms with E-state index < -0.39 is 10.4 Å². The lowest BCUT2D eigenvalue weighted by Gasteiger charge is -2.03. The van der Waals surface area contributed by atoms with Crippen LogP contribution in [-0.2, 0) is 16.9 Å². The predicted octanol–water partition coefficient (Wildman–Crippen LogP) is -0.213. The first-order valence-corrected chi connectivity index (χ1v) is 7.18. The van der Waals surface area contributed by atoms with E-state index in [2.05, 4.69) is 22.4 Å². The molecule has 0 saturated carbocycles. The summed E-state index contributed by atoms with van der Waals surface area (Å²) in [6.45, 7) is 2.50.